The standard InChI is InChI=1S/C15H9ClO2/c16-14-6-2-4-10-7-12-9(8-13(10)14)3-1-5-11(12)15(17)18/h1-8H,(H,17,18). The van der Waals surface area contributed by atoms with Gasteiger partial charge in [-0.1, -0.05) is 35.9 Å². The van der Waals surface area contributed by atoms with E-state index in [-0.39, 0.29) is 0 Å². The zero-order valence-electron chi connectivity index (χ0n) is 9.35. The fraction of sp³-hybridized carbons (Fsp3) is 0. The number of carboxylic acids is 1. The van der Waals surface area contributed by atoms with Crippen molar-refractivity contribution in [3.63, 3.8) is 0 Å². The molecule has 0 amide bonds. The van der Waals surface area contributed by atoms with Crippen molar-refractivity contribution in [3.8, 4) is 0 Å². The second-order valence-corrected chi connectivity index (χ2v) is 4.55. The van der Waals surface area contributed by atoms with Crippen LogP contribution in [0.4, 0.5) is 0 Å². The van der Waals surface area contributed by atoms with Gasteiger partial charge in [0.2, 0.25) is 0 Å². The van der Waals surface area contributed by atoms with Crippen molar-refractivity contribution < 1.29 is 9.90 Å². The maximum absolute atomic E-state index is 11.2. The number of carboxylic acid groups (broad SMARTS) is 1. The van der Waals surface area contributed by atoms with Crippen LogP contribution in [-0.2, 0) is 0 Å². The molecule has 0 heterocycles. The number of aromatic carboxylic acids is 1. The second-order valence-electron chi connectivity index (χ2n) is 4.15. The molecule has 2 nitrogen and oxygen atoms in total. The van der Waals surface area contributed by atoms with Crippen molar-refractivity contribution in [2.75, 3.05) is 0 Å². The van der Waals surface area contributed by atoms with Crippen LogP contribution in [-0.4, -0.2) is 11.1 Å². The molecule has 0 spiro atoms. The van der Waals surface area contributed by atoms with Gasteiger partial charge in [0.1, 0.15) is 0 Å². The molecule has 1 N–H and O–H groups in total. The normalized spacial score (nSPS) is 10.9. The van der Waals surface area contributed by atoms with Crippen LogP contribution in [0.5, 0.6) is 0 Å². The monoisotopic (exact) mass is 256 g/mol. The van der Waals surface area contributed by atoms with Gasteiger partial charge in [0.15, 0.2) is 0 Å². The zero-order valence-corrected chi connectivity index (χ0v) is 10.1. The summed E-state index contributed by atoms with van der Waals surface area (Å²) in [6, 6.07) is 14.7. The van der Waals surface area contributed by atoms with E-state index in [1.165, 1.54) is 0 Å². The minimum atomic E-state index is -0.915. The van der Waals surface area contributed by atoms with Crippen LogP contribution in [0.15, 0.2) is 48.5 Å². The van der Waals surface area contributed by atoms with Gasteiger partial charge in [-0.3, -0.25) is 0 Å². The number of carbonyl (C=O) groups is 1. The molecule has 0 aromatic heterocycles. The van der Waals surface area contributed by atoms with Crippen molar-refractivity contribution in [1.29, 1.82) is 0 Å². The van der Waals surface area contributed by atoms with Gasteiger partial charge in [-0.05, 0) is 40.4 Å². The predicted octanol–water partition coefficient (Wildman–Crippen LogP) is 4.34. The average molecular weight is 257 g/mol. The average Bonchev–Trinajstić information content (AvgIpc) is 2.36. The maximum atomic E-state index is 11.2. The SMILES string of the molecule is O=C(O)c1cccc2cc3c(Cl)cccc3cc12. The Kier molecular flexibility index (Phi) is 2.46. The molecular formula is C15H9ClO2. The number of hydrogen-bond acceptors (Lipinski definition) is 1. The predicted molar refractivity (Wildman–Crippen MR) is 73.4 cm³/mol. The van der Waals surface area contributed by atoms with E-state index in [1.54, 1.807) is 12.1 Å². The molecule has 0 fully saturated rings. The molecule has 18 heavy (non-hydrogen) atoms. The molecule has 3 aromatic carbocycles. The molecule has 0 aliphatic rings. The van der Waals surface area contributed by atoms with Gasteiger partial charge in [0, 0.05) is 10.4 Å². The van der Waals surface area contributed by atoms with Crippen molar-refractivity contribution in [2.45, 2.75) is 0 Å². The number of fused-ring (bicyclic) bond motifs is 2. The lowest BCUT2D eigenvalue weighted by Gasteiger charge is -2.06. The molecule has 3 aromatic rings. The van der Waals surface area contributed by atoms with Gasteiger partial charge in [-0.25, -0.2) is 4.79 Å². The minimum absolute atomic E-state index is 0.314. The summed E-state index contributed by atoms with van der Waals surface area (Å²) in [5.74, 6) is -0.915. The Morgan fingerprint density at radius 1 is 0.944 bits per heavy atom. The first-order valence-electron chi connectivity index (χ1n) is 5.51. The van der Waals surface area contributed by atoms with Crippen molar-refractivity contribution in [2.24, 2.45) is 0 Å². The van der Waals surface area contributed by atoms with Gasteiger partial charge in [-0.15, -0.1) is 0 Å². The maximum Gasteiger partial charge on any atom is 0.336 e. The molecular weight excluding hydrogens is 248 g/mol. The van der Waals surface area contributed by atoms with Crippen LogP contribution in [0, 0.1) is 0 Å². The quantitative estimate of drug-likeness (QED) is 0.658. The fourth-order valence-electron chi connectivity index (χ4n) is 2.20. The van der Waals surface area contributed by atoms with Gasteiger partial charge in [0.05, 0.1) is 5.56 Å². The lowest BCUT2D eigenvalue weighted by atomic mass is 10.00. The third kappa shape index (κ3) is 1.62. The van der Waals surface area contributed by atoms with Gasteiger partial charge in [-0.2, -0.15) is 0 Å². The summed E-state index contributed by atoms with van der Waals surface area (Å²) in [4.78, 5) is 11.2. The zero-order chi connectivity index (χ0) is 12.7. The van der Waals surface area contributed by atoms with Crippen LogP contribution >= 0.6 is 11.6 Å². The summed E-state index contributed by atoms with van der Waals surface area (Å²) in [5, 5.41) is 13.4. The number of hydrogen-bond donors (Lipinski definition) is 1. The molecule has 0 bridgehead atoms. The summed E-state index contributed by atoms with van der Waals surface area (Å²) in [5.41, 5.74) is 0.314. The van der Waals surface area contributed by atoms with E-state index in [2.05, 4.69) is 0 Å². The molecule has 88 valence electrons. The van der Waals surface area contributed by atoms with Crippen molar-refractivity contribution >= 4 is 39.1 Å². The summed E-state index contributed by atoms with van der Waals surface area (Å²) in [7, 11) is 0. The number of halogens is 1. The second kappa shape index (κ2) is 4.00. The highest BCUT2D eigenvalue weighted by Crippen LogP contribution is 2.29. The van der Waals surface area contributed by atoms with Gasteiger partial charge < -0.3 is 5.11 Å². The molecule has 0 unspecified atom stereocenters. The van der Waals surface area contributed by atoms with E-state index in [0.29, 0.717) is 10.6 Å². The topological polar surface area (TPSA) is 37.3 Å². The highest BCUT2D eigenvalue weighted by atomic mass is 35.5. The Morgan fingerprint density at radius 3 is 2.28 bits per heavy atom. The summed E-state index contributed by atoms with van der Waals surface area (Å²) >= 11 is 6.14. The Labute approximate surface area is 108 Å². The molecule has 3 rings (SSSR count). The Bertz CT molecular complexity index is 778. The first kappa shape index (κ1) is 11.1. The molecule has 0 aliphatic heterocycles. The highest BCUT2D eigenvalue weighted by molar-refractivity contribution is 6.36. The Hall–Kier alpha value is -2.06. The highest BCUT2D eigenvalue weighted by Gasteiger charge is 2.09. The number of rotatable bonds is 1. The first-order chi connectivity index (χ1) is 8.66. The Balaban J connectivity index is 2.49. The summed E-state index contributed by atoms with van der Waals surface area (Å²) < 4.78 is 0. The molecule has 0 atom stereocenters. The van der Waals surface area contributed by atoms with E-state index in [0.717, 1.165) is 21.5 Å². The van der Waals surface area contributed by atoms with E-state index >= 15 is 0 Å². The largest absolute Gasteiger partial charge is 0.478 e. The van der Waals surface area contributed by atoms with Crippen LogP contribution in [0.2, 0.25) is 5.02 Å². The number of benzene rings is 3. The van der Waals surface area contributed by atoms with E-state index < -0.39 is 5.97 Å². The van der Waals surface area contributed by atoms with Gasteiger partial charge in [0.25, 0.3) is 0 Å². The van der Waals surface area contributed by atoms with Crippen LogP contribution < -0.4 is 0 Å². The third-order valence-corrected chi connectivity index (χ3v) is 3.39. The molecule has 0 radical (unpaired) electrons. The van der Waals surface area contributed by atoms with Gasteiger partial charge >= 0.3 is 5.97 Å². The van der Waals surface area contributed by atoms with Crippen LogP contribution in [0.25, 0.3) is 21.5 Å². The Morgan fingerprint density at radius 2 is 1.56 bits per heavy atom. The lowest BCUT2D eigenvalue weighted by Crippen LogP contribution is -1.96. The van der Waals surface area contributed by atoms with Crippen LogP contribution in [0.3, 0.4) is 0 Å². The lowest BCUT2D eigenvalue weighted by molar-refractivity contribution is 0.0699. The summed E-state index contributed by atoms with van der Waals surface area (Å²) in [6.45, 7) is 0. The molecule has 0 saturated heterocycles. The molecule has 0 aliphatic carbocycles. The van der Waals surface area contributed by atoms with E-state index in [9.17, 15) is 9.90 Å². The first-order valence-corrected chi connectivity index (χ1v) is 5.89. The molecule has 3 heteroatoms. The third-order valence-electron chi connectivity index (χ3n) is 3.06. The van der Waals surface area contributed by atoms with Crippen molar-refractivity contribution in [3.05, 3.63) is 59.1 Å². The van der Waals surface area contributed by atoms with E-state index in [4.69, 9.17) is 11.6 Å². The van der Waals surface area contributed by atoms with Crippen LogP contribution in [0.1, 0.15) is 10.4 Å². The summed E-state index contributed by atoms with van der Waals surface area (Å²) in [6.07, 6.45) is 0. The fourth-order valence-corrected chi connectivity index (χ4v) is 2.44. The smallest absolute Gasteiger partial charge is 0.336 e. The van der Waals surface area contributed by atoms with E-state index in [1.807, 2.05) is 36.4 Å². The van der Waals surface area contributed by atoms with Crippen molar-refractivity contribution in [1.82, 2.24) is 0 Å². The minimum Gasteiger partial charge on any atom is -0.478 e. The molecule has 0 saturated carbocycles.